The Kier molecular flexibility index (Phi) is 8.11. The van der Waals surface area contributed by atoms with Gasteiger partial charge in [-0.2, -0.15) is 0 Å². The summed E-state index contributed by atoms with van der Waals surface area (Å²) in [6.07, 6.45) is 5.72. The monoisotopic (exact) mass is 242 g/mol. The van der Waals surface area contributed by atoms with Gasteiger partial charge >= 0.3 is 11.9 Å². The van der Waals surface area contributed by atoms with E-state index in [1.807, 2.05) is 13.8 Å². The number of aliphatic carboxylic acids is 1. The number of carbonyl (C=O) groups excluding carboxylic acids is 1. The van der Waals surface area contributed by atoms with Gasteiger partial charge in [-0.1, -0.05) is 33.6 Å². The Hall–Kier alpha value is -1.32. The summed E-state index contributed by atoms with van der Waals surface area (Å²) < 4.78 is 5.22. The Bertz CT molecular complexity index is 269. The third-order valence-electron chi connectivity index (χ3n) is 2.47. The number of carboxylic acids is 1. The molecule has 17 heavy (non-hydrogen) atoms. The molecule has 0 heterocycles. The zero-order chi connectivity index (χ0) is 13.3. The minimum atomic E-state index is -1.14. The normalized spacial score (nSPS) is 12.9. The molecule has 0 fully saturated rings. The number of carboxylic acid groups (broad SMARTS) is 1. The van der Waals surface area contributed by atoms with Crippen LogP contribution in [0.3, 0.4) is 0 Å². The number of ether oxygens (including phenoxy) is 1. The molecule has 1 unspecified atom stereocenters. The summed E-state index contributed by atoms with van der Waals surface area (Å²) in [7, 11) is 0. The van der Waals surface area contributed by atoms with E-state index in [0.717, 1.165) is 37.8 Å². The van der Waals surface area contributed by atoms with Crippen molar-refractivity contribution in [1.82, 2.24) is 0 Å². The minimum Gasteiger partial charge on any atom is -0.478 e. The van der Waals surface area contributed by atoms with Crippen LogP contribution in [0.5, 0.6) is 0 Å². The third kappa shape index (κ3) is 8.48. The second-order valence-electron chi connectivity index (χ2n) is 4.39. The van der Waals surface area contributed by atoms with Crippen molar-refractivity contribution in [3.8, 4) is 0 Å². The Morgan fingerprint density at radius 2 is 1.88 bits per heavy atom. The van der Waals surface area contributed by atoms with Gasteiger partial charge in [-0.15, -0.1) is 0 Å². The van der Waals surface area contributed by atoms with E-state index in [0.29, 0.717) is 0 Å². The van der Waals surface area contributed by atoms with E-state index >= 15 is 0 Å². The van der Waals surface area contributed by atoms with Crippen LogP contribution in [0.25, 0.3) is 0 Å². The second kappa shape index (κ2) is 8.79. The molecule has 0 aromatic heterocycles. The summed E-state index contributed by atoms with van der Waals surface area (Å²) >= 11 is 0. The number of esters is 1. The molecule has 1 atom stereocenters. The topological polar surface area (TPSA) is 63.6 Å². The van der Waals surface area contributed by atoms with E-state index < -0.39 is 11.9 Å². The van der Waals surface area contributed by atoms with Crippen LogP contribution in [0.4, 0.5) is 0 Å². The molecule has 0 aromatic carbocycles. The molecule has 0 aromatic rings. The Labute approximate surface area is 103 Å². The molecule has 0 saturated heterocycles. The molecule has 0 amide bonds. The van der Waals surface area contributed by atoms with Gasteiger partial charge in [0.05, 0.1) is 0 Å². The maximum absolute atomic E-state index is 11.3. The minimum absolute atomic E-state index is 0.132. The van der Waals surface area contributed by atoms with Crippen LogP contribution in [-0.2, 0) is 14.3 Å². The summed E-state index contributed by atoms with van der Waals surface area (Å²) in [5.41, 5.74) is 0. The average molecular weight is 242 g/mol. The van der Waals surface area contributed by atoms with Crippen LogP contribution in [0.15, 0.2) is 12.2 Å². The van der Waals surface area contributed by atoms with Gasteiger partial charge in [0.25, 0.3) is 0 Å². The van der Waals surface area contributed by atoms with Crippen LogP contribution < -0.4 is 0 Å². The Balaban J connectivity index is 4.15. The van der Waals surface area contributed by atoms with Crippen molar-refractivity contribution >= 4 is 11.9 Å². The molecule has 0 aliphatic rings. The van der Waals surface area contributed by atoms with Crippen molar-refractivity contribution in [2.45, 2.75) is 52.6 Å². The first-order chi connectivity index (χ1) is 7.97. The van der Waals surface area contributed by atoms with Gasteiger partial charge in [-0.25, -0.2) is 9.59 Å². The van der Waals surface area contributed by atoms with Crippen LogP contribution in [0.2, 0.25) is 0 Å². The number of carbonyl (C=O) groups is 2. The van der Waals surface area contributed by atoms with Crippen molar-refractivity contribution in [2.75, 3.05) is 0 Å². The molecule has 1 N–H and O–H groups in total. The van der Waals surface area contributed by atoms with Gasteiger partial charge < -0.3 is 9.84 Å². The first-order valence-corrected chi connectivity index (χ1v) is 6.09. The summed E-state index contributed by atoms with van der Waals surface area (Å²) in [5.74, 6) is -1.48. The largest absolute Gasteiger partial charge is 0.478 e. The van der Waals surface area contributed by atoms with E-state index in [1.54, 1.807) is 0 Å². The Morgan fingerprint density at radius 3 is 2.35 bits per heavy atom. The lowest BCUT2D eigenvalue weighted by molar-refractivity contribution is -0.146. The fourth-order valence-electron chi connectivity index (χ4n) is 1.45. The fraction of sp³-hybridized carbons (Fsp3) is 0.692. The molecule has 0 spiro atoms. The highest BCUT2D eigenvalue weighted by molar-refractivity contribution is 5.90. The highest BCUT2D eigenvalue weighted by atomic mass is 16.5. The lowest BCUT2D eigenvalue weighted by Gasteiger charge is -2.20. The van der Waals surface area contributed by atoms with Crippen LogP contribution in [0, 0.1) is 5.92 Å². The second-order valence-corrected chi connectivity index (χ2v) is 4.39. The van der Waals surface area contributed by atoms with E-state index in [9.17, 15) is 9.59 Å². The van der Waals surface area contributed by atoms with E-state index in [-0.39, 0.29) is 12.0 Å². The molecule has 0 aliphatic heterocycles. The standard InChI is InChI=1S/C13H22O4/c1-4-5-6-7-11(10(2)3)17-13(16)9-8-12(14)15/h8-11H,4-7H2,1-3H3,(H,14,15)/b9-8+. The molecular formula is C13H22O4. The fourth-order valence-corrected chi connectivity index (χ4v) is 1.45. The third-order valence-corrected chi connectivity index (χ3v) is 2.47. The van der Waals surface area contributed by atoms with Gasteiger partial charge in [0.2, 0.25) is 0 Å². The number of unbranched alkanes of at least 4 members (excludes halogenated alkanes) is 2. The highest BCUT2D eigenvalue weighted by Crippen LogP contribution is 2.15. The predicted octanol–water partition coefficient (Wildman–Crippen LogP) is 2.78. The number of hydrogen-bond donors (Lipinski definition) is 1. The summed E-state index contributed by atoms with van der Waals surface area (Å²) in [5, 5.41) is 8.38. The first-order valence-electron chi connectivity index (χ1n) is 6.09. The van der Waals surface area contributed by atoms with Crippen LogP contribution >= 0.6 is 0 Å². The molecule has 0 saturated carbocycles. The summed E-state index contributed by atoms with van der Waals surface area (Å²) in [4.78, 5) is 21.6. The van der Waals surface area contributed by atoms with Crippen LogP contribution in [0.1, 0.15) is 46.5 Å². The maximum Gasteiger partial charge on any atom is 0.331 e. The van der Waals surface area contributed by atoms with E-state index in [2.05, 4.69) is 6.92 Å². The van der Waals surface area contributed by atoms with E-state index in [4.69, 9.17) is 9.84 Å². The number of rotatable bonds is 8. The summed E-state index contributed by atoms with van der Waals surface area (Å²) in [6, 6.07) is 0. The maximum atomic E-state index is 11.3. The molecule has 0 aliphatic carbocycles. The predicted molar refractivity (Wildman–Crippen MR) is 65.6 cm³/mol. The zero-order valence-corrected chi connectivity index (χ0v) is 10.8. The lowest BCUT2D eigenvalue weighted by Crippen LogP contribution is -2.22. The van der Waals surface area contributed by atoms with Gasteiger partial charge in [0.1, 0.15) is 6.10 Å². The molecule has 4 heteroatoms. The van der Waals surface area contributed by atoms with Crippen LogP contribution in [-0.4, -0.2) is 23.1 Å². The smallest absolute Gasteiger partial charge is 0.331 e. The van der Waals surface area contributed by atoms with Gasteiger partial charge in [0, 0.05) is 12.2 Å². The average Bonchev–Trinajstić information content (AvgIpc) is 2.25. The number of hydrogen-bond acceptors (Lipinski definition) is 3. The molecular weight excluding hydrogens is 220 g/mol. The van der Waals surface area contributed by atoms with Crippen molar-refractivity contribution in [3.63, 3.8) is 0 Å². The first kappa shape index (κ1) is 15.7. The molecule has 98 valence electrons. The molecule has 0 rings (SSSR count). The Morgan fingerprint density at radius 1 is 1.24 bits per heavy atom. The van der Waals surface area contributed by atoms with Gasteiger partial charge in [-0.3, -0.25) is 0 Å². The van der Waals surface area contributed by atoms with Crippen molar-refractivity contribution < 1.29 is 19.4 Å². The highest BCUT2D eigenvalue weighted by Gasteiger charge is 2.16. The van der Waals surface area contributed by atoms with Crippen molar-refractivity contribution in [1.29, 1.82) is 0 Å². The molecule has 0 radical (unpaired) electrons. The molecule has 4 nitrogen and oxygen atoms in total. The lowest BCUT2D eigenvalue weighted by atomic mass is 10.0. The van der Waals surface area contributed by atoms with Gasteiger partial charge in [0.15, 0.2) is 0 Å². The summed E-state index contributed by atoms with van der Waals surface area (Å²) in [6.45, 7) is 6.10. The van der Waals surface area contributed by atoms with E-state index in [1.165, 1.54) is 0 Å². The van der Waals surface area contributed by atoms with Gasteiger partial charge in [-0.05, 0) is 18.8 Å². The molecule has 0 bridgehead atoms. The SMILES string of the molecule is CCCCCC(OC(=O)/C=C/C(=O)O)C(C)C. The quantitative estimate of drug-likeness (QED) is 0.404. The van der Waals surface area contributed by atoms with Crippen molar-refractivity contribution in [2.24, 2.45) is 5.92 Å². The van der Waals surface area contributed by atoms with Crippen molar-refractivity contribution in [3.05, 3.63) is 12.2 Å². The zero-order valence-electron chi connectivity index (χ0n) is 10.8.